The third kappa shape index (κ3) is 3.82. The molecule has 134 valence electrons. The number of benzene rings is 2. The Balaban J connectivity index is 1.73. The maximum absolute atomic E-state index is 13.0. The van der Waals surface area contributed by atoms with Crippen molar-refractivity contribution >= 4 is 5.91 Å². The Kier molecular flexibility index (Phi) is 5.16. The van der Waals surface area contributed by atoms with Crippen molar-refractivity contribution < 1.29 is 9.18 Å². The van der Waals surface area contributed by atoms with Gasteiger partial charge in [-0.25, -0.2) is 9.07 Å². The van der Waals surface area contributed by atoms with E-state index in [1.807, 2.05) is 55.8 Å². The first-order valence-electron chi connectivity index (χ1n) is 8.61. The third-order valence-electron chi connectivity index (χ3n) is 4.53. The summed E-state index contributed by atoms with van der Waals surface area (Å²) >= 11 is 0. The number of aromatic nitrogens is 2. The van der Waals surface area contributed by atoms with Gasteiger partial charge in [0.1, 0.15) is 5.82 Å². The second kappa shape index (κ2) is 7.52. The van der Waals surface area contributed by atoms with E-state index in [1.54, 1.807) is 12.1 Å². The summed E-state index contributed by atoms with van der Waals surface area (Å²) in [6.07, 6.45) is 0.260. The first-order valence-corrected chi connectivity index (χ1v) is 8.61. The van der Waals surface area contributed by atoms with Gasteiger partial charge in [-0.3, -0.25) is 4.79 Å². The number of amides is 1. The van der Waals surface area contributed by atoms with Crippen LogP contribution < -0.4 is 5.32 Å². The van der Waals surface area contributed by atoms with Crippen LogP contribution in [0.5, 0.6) is 0 Å². The van der Waals surface area contributed by atoms with Gasteiger partial charge in [-0.1, -0.05) is 30.3 Å². The molecule has 3 aromatic rings. The number of carbonyl (C=O) groups is 1. The van der Waals surface area contributed by atoms with Gasteiger partial charge in [0.2, 0.25) is 5.91 Å². The smallest absolute Gasteiger partial charge is 0.225 e. The van der Waals surface area contributed by atoms with Gasteiger partial charge in [-0.2, -0.15) is 5.10 Å². The van der Waals surface area contributed by atoms with E-state index < -0.39 is 0 Å². The van der Waals surface area contributed by atoms with Crippen LogP contribution in [0.2, 0.25) is 0 Å². The van der Waals surface area contributed by atoms with Crippen molar-refractivity contribution in [3.8, 4) is 5.69 Å². The Morgan fingerprint density at radius 3 is 2.42 bits per heavy atom. The maximum Gasteiger partial charge on any atom is 0.225 e. The maximum atomic E-state index is 13.0. The predicted molar refractivity (Wildman–Crippen MR) is 99.7 cm³/mol. The number of para-hydroxylation sites is 1. The molecule has 0 spiro atoms. The molecule has 4 nitrogen and oxygen atoms in total. The summed E-state index contributed by atoms with van der Waals surface area (Å²) in [6.45, 7) is 5.77. The van der Waals surface area contributed by atoms with Crippen LogP contribution >= 0.6 is 0 Å². The van der Waals surface area contributed by atoms with E-state index in [9.17, 15) is 9.18 Å². The minimum absolute atomic E-state index is 0.0827. The van der Waals surface area contributed by atoms with Gasteiger partial charge in [0.05, 0.1) is 23.8 Å². The van der Waals surface area contributed by atoms with Crippen LogP contribution in [0, 0.1) is 19.7 Å². The highest BCUT2D eigenvalue weighted by Gasteiger charge is 2.17. The topological polar surface area (TPSA) is 46.9 Å². The molecule has 1 N–H and O–H groups in total. The Hall–Kier alpha value is -2.95. The summed E-state index contributed by atoms with van der Waals surface area (Å²) in [7, 11) is 0. The zero-order valence-corrected chi connectivity index (χ0v) is 15.2. The van der Waals surface area contributed by atoms with Crippen LogP contribution in [-0.4, -0.2) is 15.7 Å². The van der Waals surface area contributed by atoms with E-state index >= 15 is 0 Å². The largest absolute Gasteiger partial charge is 0.349 e. The first-order chi connectivity index (χ1) is 12.5. The summed E-state index contributed by atoms with van der Waals surface area (Å²) in [5.74, 6) is -0.368. The average molecular weight is 351 g/mol. The molecule has 1 unspecified atom stereocenters. The molecule has 1 heterocycles. The zero-order valence-electron chi connectivity index (χ0n) is 15.2. The highest BCUT2D eigenvalue weighted by molar-refractivity contribution is 5.79. The van der Waals surface area contributed by atoms with E-state index in [0.717, 1.165) is 28.2 Å². The molecule has 0 fully saturated rings. The summed E-state index contributed by atoms with van der Waals surface area (Å²) in [5.41, 5.74) is 4.57. The molecule has 0 aliphatic rings. The molecule has 0 saturated heterocycles. The quantitative estimate of drug-likeness (QED) is 0.754. The van der Waals surface area contributed by atoms with Crippen molar-refractivity contribution in [2.24, 2.45) is 0 Å². The van der Waals surface area contributed by atoms with Gasteiger partial charge in [-0.15, -0.1) is 0 Å². The van der Waals surface area contributed by atoms with Gasteiger partial charge in [0, 0.05) is 11.3 Å². The van der Waals surface area contributed by atoms with Gasteiger partial charge in [0.15, 0.2) is 0 Å². The molecule has 0 aliphatic heterocycles. The monoisotopic (exact) mass is 351 g/mol. The SMILES string of the molecule is Cc1nn(-c2ccccc2)c(C)c1CC(=O)NC(C)c1ccc(F)cc1. The highest BCUT2D eigenvalue weighted by Crippen LogP contribution is 2.19. The van der Waals surface area contributed by atoms with Crippen molar-refractivity contribution in [1.29, 1.82) is 0 Å². The van der Waals surface area contributed by atoms with Crippen molar-refractivity contribution in [1.82, 2.24) is 15.1 Å². The van der Waals surface area contributed by atoms with E-state index in [2.05, 4.69) is 10.4 Å². The molecular weight excluding hydrogens is 329 g/mol. The second-order valence-electron chi connectivity index (χ2n) is 6.41. The lowest BCUT2D eigenvalue weighted by molar-refractivity contribution is -0.121. The first kappa shape index (κ1) is 17.9. The van der Waals surface area contributed by atoms with E-state index in [1.165, 1.54) is 12.1 Å². The van der Waals surface area contributed by atoms with Crippen LogP contribution in [0.15, 0.2) is 54.6 Å². The minimum Gasteiger partial charge on any atom is -0.349 e. The summed E-state index contributed by atoms with van der Waals surface area (Å²) in [6, 6.07) is 15.8. The molecule has 5 heteroatoms. The second-order valence-corrected chi connectivity index (χ2v) is 6.41. The summed E-state index contributed by atoms with van der Waals surface area (Å²) in [5, 5.41) is 7.54. The fourth-order valence-electron chi connectivity index (χ4n) is 3.04. The molecule has 3 rings (SSSR count). The van der Waals surface area contributed by atoms with Gasteiger partial charge in [-0.05, 0) is 50.6 Å². The van der Waals surface area contributed by atoms with Crippen LogP contribution in [0.1, 0.15) is 35.5 Å². The van der Waals surface area contributed by atoms with Crippen LogP contribution in [-0.2, 0) is 11.2 Å². The van der Waals surface area contributed by atoms with Crippen molar-refractivity contribution in [3.05, 3.63) is 82.9 Å². The van der Waals surface area contributed by atoms with Crippen LogP contribution in [0.25, 0.3) is 5.69 Å². The van der Waals surface area contributed by atoms with E-state index in [4.69, 9.17) is 0 Å². The fourth-order valence-corrected chi connectivity index (χ4v) is 3.04. The molecule has 0 bridgehead atoms. The lowest BCUT2D eigenvalue weighted by atomic mass is 10.1. The number of rotatable bonds is 5. The number of hydrogen-bond donors (Lipinski definition) is 1. The molecule has 26 heavy (non-hydrogen) atoms. The zero-order chi connectivity index (χ0) is 18.7. The van der Waals surface area contributed by atoms with Crippen molar-refractivity contribution in [2.45, 2.75) is 33.2 Å². The number of halogens is 1. The molecule has 2 aromatic carbocycles. The molecule has 1 atom stereocenters. The molecule has 0 radical (unpaired) electrons. The summed E-state index contributed by atoms with van der Waals surface area (Å²) < 4.78 is 14.9. The lowest BCUT2D eigenvalue weighted by Gasteiger charge is -2.14. The number of nitrogens with zero attached hydrogens (tertiary/aromatic N) is 2. The summed E-state index contributed by atoms with van der Waals surface area (Å²) in [4.78, 5) is 12.5. The Morgan fingerprint density at radius 2 is 1.77 bits per heavy atom. The molecule has 0 aliphatic carbocycles. The fraction of sp³-hybridized carbons (Fsp3) is 0.238. The standard InChI is InChI=1S/C21H22FN3O/c1-14(17-9-11-18(22)12-10-17)23-21(26)13-20-15(2)24-25(16(20)3)19-7-5-4-6-8-19/h4-12,14H,13H2,1-3H3,(H,23,26). The molecule has 1 amide bonds. The minimum atomic E-state index is -0.285. The Morgan fingerprint density at radius 1 is 1.12 bits per heavy atom. The number of hydrogen-bond acceptors (Lipinski definition) is 2. The molecular formula is C21H22FN3O. The average Bonchev–Trinajstić information content (AvgIpc) is 2.91. The van der Waals surface area contributed by atoms with Gasteiger partial charge >= 0.3 is 0 Å². The number of nitrogens with one attached hydrogen (secondary N) is 1. The predicted octanol–water partition coefficient (Wildman–Crippen LogP) is 4.05. The highest BCUT2D eigenvalue weighted by atomic mass is 19.1. The van der Waals surface area contributed by atoms with Crippen LogP contribution in [0.4, 0.5) is 4.39 Å². The normalized spacial score (nSPS) is 12.0. The number of aryl methyl sites for hydroxylation is 1. The van der Waals surface area contributed by atoms with Gasteiger partial charge < -0.3 is 5.32 Å². The Bertz CT molecular complexity index is 901. The van der Waals surface area contributed by atoms with E-state index in [0.29, 0.717) is 0 Å². The van der Waals surface area contributed by atoms with Crippen molar-refractivity contribution in [3.63, 3.8) is 0 Å². The number of carbonyl (C=O) groups excluding carboxylic acids is 1. The molecule has 1 aromatic heterocycles. The van der Waals surface area contributed by atoms with Crippen LogP contribution in [0.3, 0.4) is 0 Å². The van der Waals surface area contributed by atoms with E-state index in [-0.39, 0.29) is 24.2 Å². The van der Waals surface area contributed by atoms with Crippen molar-refractivity contribution in [2.75, 3.05) is 0 Å². The Labute approximate surface area is 152 Å². The lowest BCUT2D eigenvalue weighted by Crippen LogP contribution is -2.28. The molecule has 0 saturated carbocycles. The third-order valence-corrected chi connectivity index (χ3v) is 4.53. The van der Waals surface area contributed by atoms with Gasteiger partial charge in [0.25, 0.3) is 0 Å².